The summed E-state index contributed by atoms with van der Waals surface area (Å²) in [6, 6.07) is 0. The zero-order valence-corrected chi connectivity index (χ0v) is 22.9. The minimum atomic E-state index is -0.259. The second kappa shape index (κ2) is 38.7. The number of nitrogens with one attached hydrogen (secondary N) is 3. The van der Waals surface area contributed by atoms with Crippen LogP contribution in [0.1, 0.15) is 19.3 Å². The third-order valence-corrected chi connectivity index (χ3v) is 3.67. The van der Waals surface area contributed by atoms with Gasteiger partial charge in [0.1, 0.15) is 6.10 Å². The molecule has 0 aromatic heterocycles. The fourth-order valence-electron chi connectivity index (χ4n) is 2.10. The maximum absolute atomic E-state index is 11.1. The summed E-state index contributed by atoms with van der Waals surface area (Å²) in [6.07, 6.45) is 7.65. The number of hydrogen-bond donors (Lipinski definition) is 6. The SMILES string of the molecule is C=CC(=O)NCCCOCC(COCCCNC(=O)C=C)OCCCNC(=O)C=C.C=CO.C=CO.C=CO. The van der Waals surface area contributed by atoms with Crippen LogP contribution in [0.4, 0.5) is 0 Å². The molecular weight excluding hydrogens is 510 g/mol. The van der Waals surface area contributed by atoms with E-state index in [1.165, 1.54) is 18.2 Å². The monoisotopic (exact) mass is 557 g/mol. The van der Waals surface area contributed by atoms with Gasteiger partial charge in [-0.1, -0.05) is 39.5 Å². The Morgan fingerprint density at radius 1 is 0.590 bits per heavy atom. The Balaban J connectivity index is -0.000000593. The van der Waals surface area contributed by atoms with Crippen molar-refractivity contribution in [2.75, 3.05) is 52.7 Å². The van der Waals surface area contributed by atoms with Gasteiger partial charge in [0.25, 0.3) is 0 Å². The minimum Gasteiger partial charge on any atom is -0.516 e. The fourth-order valence-corrected chi connectivity index (χ4v) is 2.10. The van der Waals surface area contributed by atoms with E-state index < -0.39 is 0 Å². The Hall–Kier alpha value is -3.87. The molecule has 0 fully saturated rings. The first-order valence-electron chi connectivity index (χ1n) is 12.0. The number of ether oxygens (including phenoxy) is 3. The summed E-state index contributed by atoms with van der Waals surface area (Å²) < 4.78 is 17.0. The molecular formula is C27H47N3O9. The molecule has 0 aliphatic heterocycles. The zero-order valence-electron chi connectivity index (χ0n) is 22.9. The van der Waals surface area contributed by atoms with E-state index in [9.17, 15) is 14.4 Å². The Morgan fingerprint density at radius 2 is 0.872 bits per heavy atom. The molecule has 0 atom stereocenters. The minimum absolute atomic E-state index is 0.211. The third-order valence-electron chi connectivity index (χ3n) is 3.67. The van der Waals surface area contributed by atoms with Gasteiger partial charge in [-0.15, -0.1) is 0 Å². The quantitative estimate of drug-likeness (QED) is 0.0746. The van der Waals surface area contributed by atoms with Crippen molar-refractivity contribution < 1.29 is 43.9 Å². The van der Waals surface area contributed by atoms with E-state index in [-0.39, 0.29) is 23.8 Å². The molecule has 0 aromatic carbocycles. The van der Waals surface area contributed by atoms with Gasteiger partial charge in [-0.05, 0) is 37.5 Å². The average Bonchev–Trinajstić information content (AvgIpc) is 2.92. The van der Waals surface area contributed by atoms with E-state index in [4.69, 9.17) is 29.5 Å². The van der Waals surface area contributed by atoms with Crippen LogP contribution < -0.4 is 16.0 Å². The first-order chi connectivity index (χ1) is 18.8. The van der Waals surface area contributed by atoms with Crippen LogP contribution in [0, 0.1) is 0 Å². The Kier molecular flexibility index (Phi) is 41.9. The highest BCUT2D eigenvalue weighted by Crippen LogP contribution is 1.99. The number of amides is 3. The second-order valence-electron chi connectivity index (χ2n) is 6.74. The maximum atomic E-state index is 11.1. The predicted octanol–water partition coefficient (Wildman–Crippen LogP) is 2.55. The predicted molar refractivity (Wildman–Crippen MR) is 153 cm³/mol. The van der Waals surface area contributed by atoms with Crippen LogP contribution in [0.5, 0.6) is 0 Å². The number of rotatable bonds is 20. The van der Waals surface area contributed by atoms with Gasteiger partial charge < -0.3 is 45.5 Å². The lowest BCUT2D eigenvalue weighted by Gasteiger charge is -2.18. The van der Waals surface area contributed by atoms with Gasteiger partial charge in [0.15, 0.2) is 0 Å². The summed E-state index contributed by atoms with van der Waals surface area (Å²) in [7, 11) is 0. The molecule has 3 amide bonds. The number of aliphatic hydroxyl groups excluding tert-OH is 3. The highest BCUT2D eigenvalue weighted by Gasteiger charge is 2.10. The van der Waals surface area contributed by atoms with E-state index in [1.54, 1.807) is 0 Å². The van der Waals surface area contributed by atoms with Crippen LogP contribution in [0.3, 0.4) is 0 Å². The molecule has 6 N–H and O–H groups in total. The van der Waals surface area contributed by atoms with Gasteiger partial charge in [0.2, 0.25) is 17.7 Å². The molecule has 0 saturated heterocycles. The van der Waals surface area contributed by atoms with Crippen molar-refractivity contribution in [3.8, 4) is 0 Å². The number of hydrogen-bond acceptors (Lipinski definition) is 9. The van der Waals surface area contributed by atoms with E-state index in [0.717, 1.165) is 18.8 Å². The lowest BCUT2D eigenvalue weighted by Crippen LogP contribution is -2.29. The van der Waals surface area contributed by atoms with Gasteiger partial charge in [-0.3, -0.25) is 14.4 Å². The Bertz CT molecular complexity index is 625. The molecule has 0 heterocycles. The largest absolute Gasteiger partial charge is 0.516 e. The molecule has 12 heteroatoms. The topological polar surface area (TPSA) is 176 Å². The summed E-state index contributed by atoms with van der Waals surface area (Å²) in [5.41, 5.74) is 0. The summed E-state index contributed by atoms with van der Waals surface area (Å²) in [5, 5.41) is 30.0. The van der Waals surface area contributed by atoms with Crippen LogP contribution in [0.25, 0.3) is 0 Å². The summed E-state index contributed by atoms with van der Waals surface area (Å²) in [5.74, 6) is -0.639. The molecule has 224 valence electrons. The van der Waals surface area contributed by atoms with Crippen molar-refractivity contribution in [3.05, 3.63) is 76.5 Å². The lowest BCUT2D eigenvalue weighted by atomic mass is 10.3. The van der Waals surface area contributed by atoms with E-state index in [1.807, 2.05) is 0 Å². The fraction of sp³-hybridized carbons (Fsp3) is 0.444. The molecule has 0 bridgehead atoms. The van der Waals surface area contributed by atoms with E-state index in [2.05, 4.69) is 55.4 Å². The smallest absolute Gasteiger partial charge is 0.243 e. The van der Waals surface area contributed by atoms with Crippen LogP contribution in [0.2, 0.25) is 0 Å². The highest BCUT2D eigenvalue weighted by atomic mass is 16.6. The van der Waals surface area contributed by atoms with Crippen molar-refractivity contribution in [2.45, 2.75) is 25.4 Å². The first-order valence-corrected chi connectivity index (χ1v) is 12.0. The number of aliphatic hydroxyl groups is 3. The normalized spacial score (nSPS) is 8.85. The molecule has 0 aliphatic carbocycles. The third kappa shape index (κ3) is 44.5. The number of carbonyl (C=O) groups excluding carboxylic acids is 3. The van der Waals surface area contributed by atoms with Crippen LogP contribution in [-0.4, -0.2) is 91.8 Å². The Labute approximate surface area is 232 Å². The summed E-state index contributed by atoms with van der Waals surface area (Å²) >= 11 is 0. The molecule has 39 heavy (non-hydrogen) atoms. The summed E-state index contributed by atoms with van der Waals surface area (Å²) in [6.45, 7) is 22.5. The first kappa shape index (κ1) is 42.2. The highest BCUT2D eigenvalue weighted by molar-refractivity contribution is 5.87. The van der Waals surface area contributed by atoms with Crippen molar-refractivity contribution in [1.82, 2.24) is 16.0 Å². The molecule has 12 nitrogen and oxygen atoms in total. The zero-order chi connectivity index (χ0) is 30.6. The van der Waals surface area contributed by atoms with Crippen LogP contribution >= 0.6 is 0 Å². The van der Waals surface area contributed by atoms with Crippen LogP contribution in [0.15, 0.2) is 76.5 Å². The van der Waals surface area contributed by atoms with Crippen molar-refractivity contribution in [3.63, 3.8) is 0 Å². The van der Waals surface area contributed by atoms with E-state index in [0.29, 0.717) is 71.9 Å². The molecule has 0 spiro atoms. The molecule has 0 aromatic rings. The summed E-state index contributed by atoms with van der Waals surface area (Å²) in [4.78, 5) is 33.2. The maximum Gasteiger partial charge on any atom is 0.243 e. The van der Waals surface area contributed by atoms with Crippen molar-refractivity contribution >= 4 is 17.7 Å². The van der Waals surface area contributed by atoms with Gasteiger partial charge in [0, 0.05) is 39.5 Å². The van der Waals surface area contributed by atoms with Gasteiger partial charge in [-0.25, -0.2) is 0 Å². The van der Waals surface area contributed by atoms with Gasteiger partial charge in [0.05, 0.1) is 32.0 Å². The standard InChI is InChI=1S/C21H35N3O6.3C2H4O/c1-4-19(25)22-10-7-13-28-16-18(30-15-9-12-24-21(27)6-3)17-29-14-8-11-23-20(26)5-2;3*1-2-3/h4-6,18H,1-3,7-17H2,(H,22,25)(H,23,26)(H,24,27);3*2-3H,1H2. The average molecular weight is 558 g/mol. The Morgan fingerprint density at radius 3 is 1.15 bits per heavy atom. The molecule has 0 saturated carbocycles. The number of carbonyl (C=O) groups is 3. The van der Waals surface area contributed by atoms with E-state index >= 15 is 0 Å². The van der Waals surface area contributed by atoms with Crippen molar-refractivity contribution in [1.29, 1.82) is 0 Å². The lowest BCUT2D eigenvalue weighted by molar-refractivity contribution is -0.117. The molecule has 0 radical (unpaired) electrons. The van der Waals surface area contributed by atoms with Crippen molar-refractivity contribution in [2.24, 2.45) is 0 Å². The van der Waals surface area contributed by atoms with Gasteiger partial charge >= 0.3 is 0 Å². The second-order valence-corrected chi connectivity index (χ2v) is 6.74. The molecule has 0 unspecified atom stereocenters. The van der Waals surface area contributed by atoms with Crippen LogP contribution in [-0.2, 0) is 28.6 Å². The van der Waals surface area contributed by atoms with Gasteiger partial charge in [-0.2, -0.15) is 0 Å². The molecule has 0 rings (SSSR count). The molecule has 0 aliphatic rings.